The second-order valence-corrected chi connectivity index (χ2v) is 6.48. The highest BCUT2D eigenvalue weighted by molar-refractivity contribution is 6.00. The van der Waals surface area contributed by atoms with E-state index in [1.54, 1.807) is 19.2 Å². The molecule has 1 aliphatic heterocycles. The highest BCUT2D eigenvalue weighted by atomic mass is 19.4. The van der Waals surface area contributed by atoms with Crippen LogP contribution >= 0.6 is 0 Å². The molecule has 0 spiro atoms. The minimum Gasteiger partial charge on any atom is -0.497 e. The quantitative estimate of drug-likeness (QED) is 0.812. The number of aromatic nitrogens is 2. The van der Waals surface area contributed by atoms with Crippen LogP contribution in [0.15, 0.2) is 36.7 Å². The molecular formula is C18H19F3N4O3. The number of nitrogens with one attached hydrogen (secondary N) is 1. The van der Waals surface area contributed by atoms with E-state index in [0.29, 0.717) is 12.3 Å². The van der Waals surface area contributed by atoms with E-state index in [1.807, 2.05) is 12.1 Å². The Morgan fingerprint density at radius 1 is 1.32 bits per heavy atom. The van der Waals surface area contributed by atoms with Gasteiger partial charge >= 0.3 is 6.18 Å². The molecule has 0 unspecified atom stereocenters. The molecule has 1 N–H and O–H groups in total. The standard InChI is InChI=1S/C18H19F3N4O3/c1-28-15-4-2-12(3-5-15)7-22-17(27)13-6-16(26)25(9-13)14-8-23-24(10-14)11-18(19,20)21/h2-5,8,10,13H,6-7,9,11H2,1H3,(H,22,27)/t13-/m1/s1. The molecule has 28 heavy (non-hydrogen) atoms. The summed E-state index contributed by atoms with van der Waals surface area (Å²) in [6.45, 7) is -0.831. The number of anilines is 1. The van der Waals surface area contributed by atoms with E-state index in [-0.39, 0.29) is 30.5 Å². The number of carbonyl (C=O) groups is 2. The van der Waals surface area contributed by atoms with E-state index in [1.165, 1.54) is 11.1 Å². The van der Waals surface area contributed by atoms with Gasteiger partial charge in [0.15, 0.2) is 0 Å². The predicted molar refractivity (Wildman–Crippen MR) is 93.6 cm³/mol. The second-order valence-electron chi connectivity index (χ2n) is 6.48. The van der Waals surface area contributed by atoms with Crippen LogP contribution in [0.25, 0.3) is 0 Å². The molecule has 1 aromatic carbocycles. The number of amides is 2. The Hall–Kier alpha value is -3.04. The summed E-state index contributed by atoms with van der Waals surface area (Å²) in [6.07, 6.45) is -2.05. The first kappa shape index (κ1) is 19.7. The van der Waals surface area contributed by atoms with Crippen molar-refractivity contribution < 1.29 is 27.5 Å². The topological polar surface area (TPSA) is 76.5 Å². The second kappa shape index (κ2) is 7.91. The molecule has 7 nitrogen and oxygen atoms in total. The van der Waals surface area contributed by atoms with E-state index in [9.17, 15) is 22.8 Å². The third-order valence-electron chi connectivity index (χ3n) is 4.39. The third-order valence-corrected chi connectivity index (χ3v) is 4.39. The van der Waals surface area contributed by atoms with Gasteiger partial charge in [0.25, 0.3) is 0 Å². The van der Waals surface area contributed by atoms with Crippen LogP contribution in [0.1, 0.15) is 12.0 Å². The molecule has 0 radical (unpaired) electrons. The summed E-state index contributed by atoms with van der Waals surface area (Å²) >= 11 is 0. The number of hydrogen-bond acceptors (Lipinski definition) is 4. The highest BCUT2D eigenvalue weighted by Gasteiger charge is 2.36. The average Bonchev–Trinajstić information content (AvgIpc) is 3.25. The van der Waals surface area contributed by atoms with Crippen molar-refractivity contribution in [3.63, 3.8) is 0 Å². The van der Waals surface area contributed by atoms with Gasteiger partial charge in [-0.05, 0) is 17.7 Å². The molecule has 1 aromatic heterocycles. The predicted octanol–water partition coefficient (Wildman–Crippen LogP) is 2.12. The fourth-order valence-corrected chi connectivity index (χ4v) is 2.97. The largest absolute Gasteiger partial charge is 0.497 e. The van der Waals surface area contributed by atoms with Crippen molar-refractivity contribution in [2.75, 3.05) is 18.6 Å². The number of carbonyl (C=O) groups excluding carboxylic acids is 2. The molecule has 1 fully saturated rings. The SMILES string of the molecule is COc1ccc(CNC(=O)[C@@H]2CC(=O)N(c3cnn(CC(F)(F)F)c3)C2)cc1. The summed E-state index contributed by atoms with van der Waals surface area (Å²) < 4.78 is 43.1. The monoisotopic (exact) mass is 396 g/mol. The first-order valence-electron chi connectivity index (χ1n) is 8.55. The van der Waals surface area contributed by atoms with Crippen molar-refractivity contribution in [1.82, 2.24) is 15.1 Å². The summed E-state index contributed by atoms with van der Waals surface area (Å²) in [5.74, 6) is -0.472. The average molecular weight is 396 g/mol. The molecule has 10 heteroatoms. The molecule has 1 saturated heterocycles. The molecule has 3 rings (SSSR count). The lowest BCUT2D eigenvalue weighted by Gasteiger charge is -2.14. The zero-order chi connectivity index (χ0) is 20.3. The van der Waals surface area contributed by atoms with Gasteiger partial charge in [-0.3, -0.25) is 14.3 Å². The number of nitrogens with zero attached hydrogens (tertiary/aromatic N) is 3. The minimum atomic E-state index is -4.40. The fraction of sp³-hybridized carbons (Fsp3) is 0.389. The molecular weight excluding hydrogens is 377 g/mol. The van der Waals surface area contributed by atoms with Gasteiger partial charge in [0, 0.05) is 25.7 Å². The maximum atomic E-state index is 12.4. The molecule has 2 heterocycles. The normalized spacial score (nSPS) is 17.1. The summed E-state index contributed by atoms with van der Waals surface area (Å²) in [6, 6.07) is 7.20. The van der Waals surface area contributed by atoms with E-state index in [4.69, 9.17) is 4.74 Å². The molecule has 0 bridgehead atoms. The molecule has 0 aliphatic carbocycles. The van der Waals surface area contributed by atoms with Crippen LogP contribution in [-0.4, -0.2) is 41.4 Å². The zero-order valence-electron chi connectivity index (χ0n) is 15.1. The minimum absolute atomic E-state index is 0.00109. The molecule has 150 valence electrons. The van der Waals surface area contributed by atoms with Crippen LogP contribution in [0.2, 0.25) is 0 Å². The molecule has 1 aliphatic rings. The van der Waals surface area contributed by atoms with Gasteiger partial charge in [-0.2, -0.15) is 18.3 Å². The van der Waals surface area contributed by atoms with Crippen LogP contribution in [0.3, 0.4) is 0 Å². The Morgan fingerprint density at radius 2 is 2.04 bits per heavy atom. The van der Waals surface area contributed by atoms with Crippen molar-refractivity contribution in [2.24, 2.45) is 5.92 Å². The van der Waals surface area contributed by atoms with Crippen LogP contribution in [0.5, 0.6) is 5.75 Å². The number of ether oxygens (including phenoxy) is 1. The Morgan fingerprint density at radius 3 is 2.68 bits per heavy atom. The number of hydrogen-bond donors (Lipinski definition) is 1. The van der Waals surface area contributed by atoms with Gasteiger partial charge in [0.2, 0.25) is 11.8 Å². The Balaban J connectivity index is 1.56. The van der Waals surface area contributed by atoms with Crippen LogP contribution < -0.4 is 15.0 Å². The number of alkyl halides is 3. The Labute approximate surface area is 159 Å². The maximum Gasteiger partial charge on any atom is 0.408 e. The third kappa shape index (κ3) is 4.81. The van der Waals surface area contributed by atoms with Crippen molar-refractivity contribution in [1.29, 1.82) is 0 Å². The fourth-order valence-electron chi connectivity index (χ4n) is 2.97. The molecule has 2 amide bonds. The van der Waals surface area contributed by atoms with E-state index < -0.39 is 18.6 Å². The van der Waals surface area contributed by atoms with E-state index >= 15 is 0 Å². The summed E-state index contributed by atoms with van der Waals surface area (Å²) in [5.41, 5.74) is 1.13. The number of rotatable bonds is 6. The maximum absolute atomic E-state index is 12.4. The lowest BCUT2D eigenvalue weighted by atomic mass is 10.1. The Bertz CT molecular complexity index is 849. The van der Waals surface area contributed by atoms with Gasteiger partial charge < -0.3 is 15.0 Å². The summed E-state index contributed by atoms with van der Waals surface area (Å²) in [7, 11) is 1.56. The van der Waals surface area contributed by atoms with Crippen molar-refractivity contribution in [3.8, 4) is 5.75 Å². The molecule has 0 saturated carbocycles. The van der Waals surface area contributed by atoms with Gasteiger partial charge in [-0.25, -0.2) is 0 Å². The Kier molecular flexibility index (Phi) is 5.57. The van der Waals surface area contributed by atoms with Gasteiger partial charge in [-0.15, -0.1) is 0 Å². The summed E-state index contributed by atoms with van der Waals surface area (Å²) in [5, 5.41) is 6.41. The van der Waals surface area contributed by atoms with Crippen molar-refractivity contribution in [2.45, 2.75) is 25.7 Å². The lowest BCUT2D eigenvalue weighted by Crippen LogP contribution is -2.32. The molecule has 2 aromatic rings. The van der Waals surface area contributed by atoms with Gasteiger partial charge in [0.1, 0.15) is 12.3 Å². The van der Waals surface area contributed by atoms with Crippen molar-refractivity contribution in [3.05, 3.63) is 42.2 Å². The lowest BCUT2D eigenvalue weighted by molar-refractivity contribution is -0.142. The smallest absolute Gasteiger partial charge is 0.408 e. The number of methoxy groups -OCH3 is 1. The van der Waals surface area contributed by atoms with Crippen LogP contribution in [0.4, 0.5) is 18.9 Å². The first-order chi connectivity index (χ1) is 13.2. The van der Waals surface area contributed by atoms with Gasteiger partial charge in [-0.1, -0.05) is 12.1 Å². The first-order valence-corrected chi connectivity index (χ1v) is 8.55. The van der Waals surface area contributed by atoms with Gasteiger partial charge in [0.05, 0.1) is 24.9 Å². The summed E-state index contributed by atoms with van der Waals surface area (Å²) in [4.78, 5) is 25.9. The van der Waals surface area contributed by atoms with Crippen LogP contribution in [0, 0.1) is 5.92 Å². The van der Waals surface area contributed by atoms with Crippen LogP contribution in [-0.2, 0) is 22.7 Å². The van der Waals surface area contributed by atoms with E-state index in [2.05, 4.69) is 10.4 Å². The highest BCUT2D eigenvalue weighted by Crippen LogP contribution is 2.26. The number of halogens is 3. The molecule has 1 atom stereocenters. The zero-order valence-corrected chi connectivity index (χ0v) is 15.1. The van der Waals surface area contributed by atoms with E-state index in [0.717, 1.165) is 16.4 Å². The number of benzene rings is 1. The van der Waals surface area contributed by atoms with Crippen molar-refractivity contribution >= 4 is 17.5 Å².